The molecule has 0 aliphatic carbocycles. The number of nitrogens with one attached hydrogen (secondary N) is 1. The predicted molar refractivity (Wildman–Crippen MR) is 98.8 cm³/mol. The molecule has 0 aromatic heterocycles. The molecule has 138 valence electrons. The summed E-state index contributed by atoms with van der Waals surface area (Å²) < 4.78 is 18.6. The van der Waals surface area contributed by atoms with Crippen LogP contribution in [0.15, 0.2) is 48.5 Å². The maximum absolute atomic E-state index is 13.4. The Morgan fingerprint density at radius 3 is 2.62 bits per heavy atom. The molecule has 0 unspecified atom stereocenters. The second-order valence-corrected chi connectivity index (χ2v) is 5.81. The van der Waals surface area contributed by atoms with Crippen LogP contribution in [0.3, 0.4) is 0 Å². The van der Waals surface area contributed by atoms with Gasteiger partial charge < -0.3 is 15.0 Å². The second kappa shape index (κ2) is 9.56. The van der Waals surface area contributed by atoms with Crippen LogP contribution in [0, 0.1) is 5.82 Å². The van der Waals surface area contributed by atoms with Crippen LogP contribution < -0.4 is 15.0 Å². The van der Waals surface area contributed by atoms with Gasteiger partial charge in [-0.25, -0.2) is 4.39 Å². The number of halogens is 1. The zero-order chi connectivity index (χ0) is 18.9. The molecule has 6 heteroatoms. The summed E-state index contributed by atoms with van der Waals surface area (Å²) >= 11 is 0. The van der Waals surface area contributed by atoms with Crippen molar-refractivity contribution in [3.8, 4) is 5.75 Å². The van der Waals surface area contributed by atoms with Crippen LogP contribution in [0.25, 0.3) is 0 Å². The van der Waals surface area contributed by atoms with Crippen LogP contribution >= 0.6 is 0 Å². The highest BCUT2D eigenvalue weighted by atomic mass is 19.1. The van der Waals surface area contributed by atoms with Crippen LogP contribution in [-0.2, 0) is 16.0 Å². The van der Waals surface area contributed by atoms with E-state index in [-0.39, 0.29) is 24.8 Å². The molecule has 5 nitrogen and oxygen atoms in total. The van der Waals surface area contributed by atoms with Gasteiger partial charge in [0.15, 0.2) is 0 Å². The molecule has 0 aliphatic rings. The standard InChI is InChI=1S/C20H23FN2O3/c1-15(24)23(18-8-5-7-17(21)14-18)13-11-20(25)22-12-10-16-6-3-4-9-19(16)26-2/h3-9,14H,10-13H2,1-2H3,(H,22,25). The molecule has 2 amide bonds. The van der Waals surface area contributed by atoms with Gasteiger partial charge in [-0.1, -0.05) is 24.3 Å². The first-order valence-corrected chi connectivity index (χ1v) is 8.43. The fourth-order valence-electron chi connectivity index (χ4n) is 2.66. The predicted octanol–water partition coefficient (Wildman–Crippen LogP) is 2.94. The summed E-state index contributed by atoms with van der Waals surface area (Å²) in [4.78, 5) is 25.2. The molecule has 0 saturated carbocycles. The molecule has 26 heavy (non-hydrogen) atoms. The van der Waals surface area contributed by atoms with Crippen molar-refractivity contribution in [2.75, 3.05) is 25.1 Å². The third-order valence-corrected chi connectivity index (χ3v) is 3.97. The van der Waals surface area contributed by atoms with Gasteiger partial charge in [-0.15, -0.1) is 0 Å². The number of carbonyl (C=O) groups is 2. The number of methoxy groups -OCH3 is 1. The largest absolute Gasteiger partial charge is 0.496 e. The van der Waals surface area contributed by atoms with E-state index in [1.54, 1.807) is 13.2 Å². The van der Waals surface area contributed by atoms with Gasteiger partial charge >= 0.3 is 0 Å². The summed E-state index contributed by atoms with van der Waals surface area (Å²) in [6, 6.07) is 13.4. The lowest BCUT2D eigenvalue weighted by molar-refractivity contribution is -0.121. The zero-order valence-corrected chi connectivity index (χ0v) is 15.0. The van der Waals surface area contributed by atoms with Crippen LogP contribution in [0.5, 0.6) is 5.75 Å². The van der Waals surface area contributed by atoms with Crippen molar-refractivity contribution in [2.24, 2.45) is 0 Å². The number of anilines is 1. The number of hydrogen-bond acceptors (Lipinski definition) is 3. The van der Waals surface area contributed by atoms with Gasteiger partial charge in [-0.2, -0.15) is 0 Å². The normalized spacial score (nSPS) is 10.3. The Morgan fingerprint density at radius 1 is 1.15 bits per heavy atom. The average Bonchev–Trinajstić information content (AvgIpc) is 2.62. The summed E-state index contributed by atoms with van der Waals surface area (Å²) in [5, 5.41) is 2.83. The summed E-state index contributed by atoms with van der Waals surface area (Å²) in [6.45, 7) is 2.06. The molecule has 0 heterocycles. The number of nitrogens with zero attached hydrogens (tertiary/aromatic N) is 1. The molecule has 2 rings (SSSR count). The van der Waals surface area contributed by atoms with E-state index in [1.807, 2.05) is 24.3 Å². The highest BCUT2D eigenvalue weighted by Gasteiger charge is 2.14. The monoisotopic (exact) mass is 358 g/mol. The summed E-state index contributed by atoms with van der Waals surface area (Å²) in [5.74, 6) is -0.0365. The van der Waals surface area contributed by atoms with E-state index in [0.29, 0.717) is 18.7 Å². The first-order chi connectivity index (χ1) is 12.5. The highest BCUT2D eigenvalue weighted by Crippen LogP contribution is 2.18. The van der Waals surface area contributed by atoms with Crippen molar-refractivity contribution in [3.05, 3.63) is 59.9 Å². The number of ether oxygens (including phenoxy) is 1. The molecule has 2 aromatic carbocycles. The Bertz CT molecular complexity index is 764. The highest BCUT2D eigenvalue weighted by molar-refractivity contribution is 5.92. The molecular formula is C20H23FN2O3. The summed E-state index contributed by atoms with van der Waals surface area (Å²) in [6.07, 6.45) is 0.790. The van der Waals surface area contributed by atoms with Gasteiger partial charge in [0.1, 0.15) is 11.6 Å². The third kappa shape index (κ3) is 5.58. The van der Waals surface area contributed by atoms with E-state index >= 15 is 0 Å². The van der Waals surface area contributed by atoms with E-state index < -0.39 is 5.82 Å². The maximum Gasteiger partial charge on any atom is 0.223 e. The van der Waals surface area contributed by atoms with Crippen LogP contribution in [0.4, 0.5) is 10.1 Å². The Hall–Kier alpha value is -2.89. The van der Waals surface area contributed by atoms with Gasteiger partial charge in [-0.3, -0.25) is 9.59 Å². The number of para-hydroxylation sites is 1. The first kappa shape index (κ1) is 19.4. The van der Waals surface area contributed by atoms with Crippen molar-refractivity contribution >= 4 is 17.5 Å². The van der Waals surface area contributed by atoms with Crippen LogP contribution in [-0.4, -0.2) is 32.0 Å². The van der Waals surface area contributed by atoms with Crippen molar-refractivity contribution in [1.82, 2.24) is 5.32 Å². The molecule has 2 aromatic rings. The van der Waals surface area contributed by atoms with Gasteiger partial charge in [0.05, 0.1) is 7.11 Å². The van der Waals surface area contributed by atoms with E-state index in [2.05, 4.69) is 5.32 Å². The third-order valence-electron chi connectivity index (χ3n) is 3.97. The number of hydrogen-bond donors (Lipinski definition) is 1. The van der Waals surface area contributed by atoms with Crippen LogP contribution in [0.1, 0.15) is 18.9 Å². The van der Waals surface area contributed by atoms with E-state index in [9.17, 15) is 14.0 Å². The smallest absolute Gasteiger partial charge is 0.223 e. The topological polar surface area (TPSA) is 58.6 Å². The van der Waals surface area contributed by atoms with E-state index in [0.717, 1.165) is 11.3 Å². The van der Waals surface area contributed by atoms with Crippen molar-refractivity contribution in [2.45, 2.75) is 19.8 Å². The lowest BCUT2D eigenvalue weighted by atomic mass is 10.1. The minimum Gasteiger partial charge on any atom is -0.496 e. The minimum atomic E-state index is -0.421. The Morgan fingerprint density at radius 2 is 1.92 bits per heavy atom. The lowest BCUT2D eigenvalue weighted by Gasteiger charge is -2.21. The molecule has 0 bridgehead atoms. The molecule has 0 atom stereocenters. The van der Waals surface area contributed by atoms with Crippen LogP contribution in [0.2, 0.25) is 0 Å². The van der Waals surface area contributed by atoms with Crippen molar-refractivity contribution in [3.63, 3.8) is 0 Å². The van der Waals surface area contributed by atoms with Gasteiger partial charge in [0, 0.05) is 32.1 Å². The second-order valence-electron chi connectivity index (χ2n) is 5.81. The molecule has 0 radical (unpaired) electrons. The number of carbonyl (C=O) groups excluding carboxylic acids is 2. The molecular weight excluding hydrogens is 335 g/mol. The zero-order valence-electron chi connectivity index (χ0n) is 15.0. The molecule has 0 fully saturated rings. The van der Waals surface area contributed by atoms with Crippen molar-refractivity contribution < 1.29 is 18.7 Å². The van der Waals surface area contributed by atoms with Gasteiger partial charge in [-0.05, 0) is 36.2 Å². The lowest BCUT2D eigenvalue weighted by Crippen LogP contribution is -2.34. The Kier molecular flexibility index (Phi) is 7.14. The minimum absolute atomic E-state index is 0.141. The van der Waals surface area contributed by atoms with Gasteiger partial charge in [0.2, 0.25) is 11.8 Å². The average molecular weight is 358 g/mol. The number of amides is 2. The first-order valence-electron chi connectivity index (χ1n) is 8.43. The van der Waals surface area contributed by atoms with E-state index in [4.69, 9.17) is 4.74 Å². The number of rotatable bonds is 8. The maximum atomic E-state index is 13.4. The summed E-state index contributed by atoms with van der Waals surface area (Å²) in [7, 11) is 1.61. The Balaban J connectivity index is 1.84. The SMILES string of the molecule is COc1ccccc1CCNC(=O)CCN(C(C)=O)c1cccc(F)c1. The molecule has 0 saturated heterocycles. The quantitative estimate of drug-likeness (QED) is 0.789. The van der Waals surface area contributed by atoms with E-state index in [1.165, 1.54) is 30.0 Å². The number of benzene rings is 2. The fraction of sp³-hybridized carbons (Fsp3) is 0.300. The fourth-order valence-corrected chi connectivity index (χ4v) is 2.66. The Labute approximate surface area is 152 Å². The molecule has 0 spiro atoms. The summed E-state index contributed by atoms with van der Waals surface area (Å²) in [5.41, 5.74) is 1.46. The molecule has 1 N–H and O–H groups in total. The van der Waals surface area contributed by atoms with Gasteiger partial charge in [0.25, 0.3) is 0 Å². The van der Waals surface area contributed by atoms with Crippen molar-refractivity contribution in [1.29, 1.82) is 0 Å². The molecule has 0 aliphatic heterocycles.